The molecule has 2 aromatic rings. The van der Waals surface area contributed by atoms with E-state index in [0.29, 0.717) is 29.4 Å². The van der Waals surface area contributed by atoms with Crippen LogP contribution in [-0.2, 0) is 9.59 Å². The van der Waals surface area contributed by atoms with Crippen LogP contribution in [0.4, 0.5) is 10.5 Å². The van der Waals surface area contributed by atoms with Gasteiger partial charge in [-0.25, -0.2) is 9.69 Å². The number of hydrogen-bond donors (Lipinski definition) is 1. The Labute approximate surface area is 215 Å². The quantitative estimate of drug-likeness (QED) is 0.211. The van der Waals surface area contributed by atoms with Gasteiger partial charge in [-0.15, -0.1) is 0 Å². The maximum absolute atomic E-state index is 13.1. The molecular formula is C26H28Cl2N2O5. The molecule has 0 spiro atoms. The molecule has 0 bridgehead atoms. The van der Waals surface area contributed by atoms with Gasteiger partial charge >= 0.3 is 6.03 Å². The first-order chi connectivity index (χ1) is 16.8. The van der Waals surface area contributed by atoms with Crippen LogP contribution in [0, 0.1) is 0 Å². The Balaban J connectivity index is 1.75. The molecule has 0 aromatic heterocycles. The van der Waals surface area contributed by atoms with Crippen molar-refractivity contribution in [3.05, 3.63) is 57.6 Å². The number of hydrogen-bond acceptors (Lipinski definition) is 5. The summed E-state index contributed by atoms with van der Waals surface area (Å²) in [7, 11) is 1.51. The lowest BCUT2D eigenvalue weighted by Gasteiger charge is -2.26. The number of nitrogens with one attached hydrogen (secondary N) is 1. The van der Waals surface area contributed by atoms with Crippen molar-refractivity contribution in [2.45, 2.75) is 45.4 Å². The number of nitrogens with zero attached hydrogens (tertiary/aromatic N) is 1. The van der Waals surface area contributed by atoms with E-state index in [1.807, 2.05) is 0 Å². The van der Waals surface area contributed by atoms with Gasteiger partial charge in [-0.05, 0) is 54.5 Å². The average Bonchev–Trinajstić information content (AvgIpc) is 2.83. The number of anilines is 1. The molecule has 0 atom stereocenters. The van der Waals surface area contributed by atoms with Crippen molar-refractivity contribution in [3.8, 4) is 11.5 Å². The van der Waals surface area contributed by atoms with Gasteiger partial charge in [-0.3, -0.25) is 14.9 Å². The van der Waals surface area contributed by atoms with E-state index in [2.05, 4.69) is 12.2 Å². The first kappa shape index (κ1) is 26.6. The lowest BCUT2D eigenvalue weighted by atomic mass is 10.1. The third kappa shape index (κ3) is 6.77. The largest absolute Gasteiger partial charge is 0.497 e. The number of unbranched alkanes of at least 4 members (excludes halogenated alkanes) is 5. The zero-order valence-electron chi connectivity index (χ0n) is 19.7. The normalized spacial score (nSPS) is 14.9. The maximum Gasteiger partial charge on any atom is 0.335 e. The van der Waals surface area contributed by atoms with Gasteiger partial charge in [0.05, 0.1) is 29.4 Å². The molecule has 9 heteroatoms. The van der Waals surface area contributed by atoms with Crippen molar-refractivity contribution in [1.82, 2.24) is 5.32 Å². The predicted octanol–water partition coefficient (Wildman–Crippen LogP) is 6.41. The first-order valence-electron chi connectivity index (χ1n) is 11.5. The number of carbonyl (C=O) groups is 3. The second kappa shape index (κ2) is 12.6. The highest BCUT2D eigenvalue weighted by Gasteiger charge is 2.36. The number of imide groups is 2. The van der Waals surface area contributed by atoms with Gasteiger partial charge in [-0.2, -0.15) is 0 Å². The van der Waals surface area contributed by atoms with Crippen molar-refractivity contribution in [1.29, 1.82) is 0 Å². The van der Waals surface area contributed by atoms with Gasteiger partial charge in [0.15, 0.2) is 5.75 Å². The van der Waals surface area contributed by atoms with Gasteiger partial charge in [-0.1, -0.05) is 62.2 Å². The summed E-state index contributed by atoms with van der Waals surface area (Å²) in [4.78, 5) is 38.8. The summed E-state index contributed by atoms with van der Waals surface area (Å²) >= 11 is 12.8. The van der Waals surface area contributed by atoms with Crippen molar-refractivity contribution >= 4 is 52.8 Å². The molecule has 2 aromatic carbocycles. The SMILES string of the molecule is CCCCCCCCOc1c(Cl)cc(/C=C2\C(=O)NC(=O)N(c3ccc(OC)cc3)C2=O)cc1Cl. The van der Waals surface area contributed by atoms with Gasteiger partial charge in [0.25, 0.3) is 11.8 Å². The van der Waals surface area contributed by atoms with Crippen LogP contribution in [0.2, 0.25) is 10.0 Å². The number of urea groups is 1. The molecule has 35 heavy (non-hydrogen) atoms. The molecule has 4 amide bonds. The third-order valence-electron chi connectivity index (χ3n) is 5.51. The van der Waals surface area contributed by atoms with E-state index in [1.54, 1.807) is 36.4 Å². The van der Waals surface area contributed by atoms with E-state index >= 15 is 0 Å². The van der Waals surface area contributed by atoms with E-state index in [1.165, 1.54) is 32.4 Å². The van der Waals surface area contributed by atoms with Crippen molar-refractivity contribution in [3.63, 3.8) is 0 Å². The molecule has 0 unspecified atom stereocenters. The van der Waals surface area contributed by atoms with Crippen molar-refractivity contribution in [2.75, 3.05) is 18.6 Å². The minimum atomic E-state index is -0.836. The van der Waals surface area contributed by atoms with Crippen LogP contribution in [0.25, 0.3) is 6.08 Å². The third-order valence-corrected chi connectivity index (χ3v) is 6.07. The summed E-state index contributed by atoms with van der Waals surface area (Å²) in [5, 5.41) is 2.72. The number of methoxy groups -OCH3 is 1. The minimum Gasteiger partial charge on any atom is -0.497 e. The minimum absolute atomic E-state index is 0.228. The van der Waals surface area contributed by atoms with E-state index < -0.39 is 17.8 Å². The Kier molecular flexibility index (Phi) is 9.57. The Morgan fingerprint density at radius 3 is 2.20 bits per heavy atom. The second-order valence-corrected chi connectivity index (χ2v) is 8.90. The average molecular weight is 519 g/mol. The van der Waals surface area contributed by atoms with Crippen LogP contribution in [0.3, 0.4) is 0 Å². The molecule has 0 radical (unpaired) electrons. The molecule has 1 N–H and O–H groups in total. The van der Waals surface area contributed by atoms with E-state index in [9.17, 15) is 14.4 Å². The maximum atomic E-state index is 13.1. The molecule has 0 saturated carbocycles. The van der Waals surface area contributed by atoms with Gasteiger partial charge in [0.2, 0.25) is 0 Å². The van der Waals surface area contributed by atoms with Crippen LogP contribution in [0.1, 0.15) is 51.0 Å². The molecular weight excluding hydrogens is 491 g/mol. The Morgan fingerprint density at radius 1 is 0.943 bits per heavy atom. The lowest BCUT2D eigenvalue weighted by Crippen LogP contribution is -2.54. The van der Waals surface area contributed by atoms with Crippen LogP contribution >= 0.6 is 23.2 Å². The molecule has 3 rings (SSSR count). The molecule has 1 fully saturated rings. The molecule has 1 heterocycles. The number of rotatable bonds is 11. The lowest BCUT2D eigenvalue weighted by molar-refractivity contribution is -0.122. The number of ether oxygens (including phenoxy) is 2. The molecule has 1 aliphatic rings. The molecule has 1 saturated heterocycles. The molecule has 186 valence electrons. The van der Waals surface area contributed by atoms with Crippen molar-refractivity contribution < 1.29 is 23.9 Å². The van der Waals surface area contributed by atoms with E-state index in [0.717, 1.165) is 24.2 Å². The fourth-order valence-corrected chi connectivity index (χ4v) is 4.26. The summed E-state index contributed by atoms with van der Waals surface area (Å²) in [5.74, 6) is -0.646. The summed E-state index contributed by atoms with van der Waals surface area (Å²) in [6.45, 7) is 2.67. The van der Waals surface area contributed by atoms with Crippen LogP contribution in [0.15, 0.2) is 42.0 Å². The van der Waals surface area contributed by atoms with E-state index in [-0.39, 0.29) is 15.6 Å². The van der Waals surface area contributed by atoms with E-state index in [4.69, 9.17) is 32.7 Å². The highest BCUT2D eigenvalue weighted by Crippen LogP contribution is 2.35. The Hall–Kier alpha value is -3.03. The number of benzene rings is 2. The summed E-state index contributed by atoms with van der Waals surface area (Å²) in [5.41, 5.74) is 0.490. The fraction of sp³-hybridized carbons (Fsp3) is 0.346. The smallest absolute Gasteiger partial charge is 0.335 e. The predicted molar refractivity (Wildman–Crippen MR) is 137 cm³/mol. The Bertz CT molecular complexity index is 1090. The standard InChI is InChI=1S/C26H28Cl2N2O5/c1-3-4-5-6-7-8-13-35-23-21(27)15-17(16-22(23)28)14-20-24(31)29-26(33)30(25(20)32)18-9-11-19(34-2)12-10-18/h9-12,14-16H,3-8,13H2,1-2H3,(H,29,31,33)/b20-14+. The summed E-state index contributed by atoms with van der Waals surface area (Å²) in [6.07, 6.45) is 8.13. The molecule has 7 nitrogen and oxygen atoms in total. The second-order valence-electron chi connectivity index (χ2n) is 8.09. The van der Waals surface area contributed by atoms with Crippen LogP contribution in [-0.4, -0.2) is 31.6 Å². The topological polar surface area (TPSA) is 84.9 Å². The van der Waals surface area contributed by atoms with Gasteiger partial charge in [0, 0.05) is 0 Å². The number of barbiturate groups is 1. The van der Waals surface area contributed by atoms with Crippen LogP contribution in [0.5, 0.6) is 11.5 Å². The molecule has 1 aliphatic heterocycles. The first-order valence-corrected chi connectivity index (χ1v) is 12.3. The summed E-state index contributed by atoms with van der Waals surface area (Å²) < 4.78 is 10.9. The highest BCUT2D eigenvalue weighted by molar-refractivity contribution is 6.40. The number of halogens is 2. The number of carbonyl (C=O) groups excluding carboxylic acids is 3. The summed E-state index contributed by atoms with van der Waals surface area (Å²) in [6, 6.07) is 8.60. The number of amides is 4. The fourth-order valence-electron chi connectivity index (χ4n) is 3.65. The van der Waals surface area contributed by atoms with Gasteiger partial charge in [0.1, 0.15) is 11.3 Å². The van der Waals surface area contributed by atoms with Gasteiger partial charge < -0.3 is 9.47 Å². The molecule has 0 aliphatic carbocycles. The van der Waals surface area contributed by atoms with Crippen molar-refractivity contribution in [2.24, 2.45) is 0 Å². The Morgan fingerprint density at radius 2 is 1.57 bits per heavy atom. The monoisotopic (exact) mass is 518 g/mol. The van der Waals surface area contributed by atoms with Crippen LogP contribution < -0.4 is 19.7 Å². The zero-order chi connectivity index (χ0) is 25.4. The highest BCUT2D eigenvalue weighted by atomic mass is 35.5. The zero-order valence-corrected chi connectivity index (χ0v) is 21.2.